The van der Waals surface area contributed by atoms with Crippen molar-refractivity contribution in [1.29, 1.82) is 5.41 Å². The number of nitrogens with one attached hydrogen (secondary N) is 1. The van der Waals surface area contributed by atoms with Crippen LogP contribution in [0.3, 0.4) is 0 Å². The van der Waals surface area contributed by atoms with Gasteiger partial charge in [0.15, 0.2) is 0 Å². The minimum absolute atomic E-state index is 0.256. The molecular weight excluding hydrogens is 366 g/mol. The topological polar surface area (TPSA) is 49.2 Å². The van der Waals surface area contributed by atoms with Gasteiger partial charge in [0.1, 0.15) is 11.9 Å². The van der Waals surface area contributed by atoms with Crippen LogP contribution in [0.15, 0.2) is 10.5 Å². The van der Waals surface area contributed by atoms with Crippen molar-refractivity contribution >= 4 is 21.8 Å². The fraction of sp³-hybridized carbons (Fsp3) is 0.684. The van der Waals surface area contributed by atoms with Gasteiger partial charge >= 0.3 is 0 Å². The second-order valence-electron chi connectivity index (χ2n) is 7.17. The van der Waals surface area contributed by atoms with Gasteiger partial charge in [0.25, 0.3) is 0 Å². The lowest BCUT2D eigenvalue weighted by Crippen LogP contribution is -2.28. The summed E-state index contributed by atoms with van der Waals surface area (Å²) in [7, 11) is 1.92. The Balaban J connectivity index is 2.07. The fourth-order valence-corrected chi connectivity index (χ4v) is 3.69. The lowest BCUT2D eigenvalue weighted by molar-refractivity contribution is 0.111. The molecule has 0 aliphatic heterocycles. The maximum atomic E-state index is 8.28. The van der Waals surface area contributed by atoms with Crippen LogP contribution in [0.4, 0.5) is 0 Å². The highest BCUT2D eigenvalue weighted by molar-refractivity contribution is 9.10. The molecule has 0 saturated heterocycles. The molecular formula is C19H30BrN3O. The molecule has 5 heteroatoms. The zero-order valence-corrected chi connectivity index (χ0v) is 17.1. The smallest absolute Gasteiger partial charge is 0.228 e. The number of halogens is 1. The Hall–Kier alpha value is -1.10. The molecule has 1 aromatic heterocycles. The molecule has 0 bridgehead atoms. The van der Waals surface area contributed by atoms with Crippen molar-refractivity contribution in [2.75, 3.05) is 13.6 Å². The third-order valence-electron chi connectivity index (χ3n) is 5.19. The van der Waals surface area contributed by atoms with Gasteiger partial charge in [0.05, 0.1) is 10.2 Å². The van der Waals surface area contributed by atoms with Gasteiger partial charge in [-0.15, -0.1) is 0 Å². The van der Waals surface area contributed by atoms with E-state index in [1.807, 2.05) is 31.9 Å². The Bertz CT molecular complexity index is 580. The van der Waals surface area contributed by atoms with Crippen LogP contribution in [0.25, 0.3) is 0 Å². The van der Waals surface area contributed by atoms with E-state index in [2.05, 4.69) is 34.8 Å². The lowest BCUT2D eigenvalue weighted by Gasteiger charge is -2.31. The maximum Gasteiger partial charge on any atom is 0.228 e. The van der Waals surface area contributed by atoms with Crippen LogP contribution in [-0.2, 0) is 0 Å². The van der Waals surface area contributed by atoms with Gasteiger partial charge < -0.3 is 9.64 Å². The quantitative estimate of drug-likeness (QED) is 0.561. The molecule has 0 aromatic carbocycles. The summed E-state index contributed by atoms with van der Waals surface area (Å²) in [6.45, 7) is 9.41. The minimum atomic E-state index is 0.256. The molecule has 1 N–H and O–H groups in total. The number of aryl methyl sites for hydroxylation is 1. The Morgan fingerprint density at radius 1 is 1.38 bits per heavy atom. The summed E-state index contributed by atoms with van der Waals surface area (Å²) in [6, 6.07) is 1.96. The molecule has 4 nitrogen and oxygen atoms in total. The molecule has 1 aromatic rings. The van der Waals surface area contributed by atoms with Gasteiger partial charge in [-0.3, -0.25) is 5.41 Å². The van der Waals surface area contributed by atoms with Crippen molar-refractivity contribution < 1.29 is 4.74 Å². The average molecular weight is 396 g/mol. The number of nitrogens with zero attached hydrogens (tertiary/aromatic N) is 2. The van der Waals surface area contributed by atoms with Crippen LogP contribution in [0, 0.1) is 24.2 Å². The van der Waals surface area contributed by atoms with Crippen LogP contribution in [-0.4, -0.2) is 35.4 Å². The van der Waals surface area contributed by atoms with Gasteiger partial charge in [-0.2, -0.15) is 0 Å². The zero-order valence-electron chi connectivity index (χ0n) is 15.5. The van der Waals surface area contributed by atoms with Crippen molar-refractivity contribution in [3.63, 3.8) is 0 Å². The molecule has 1 fully saturated rings. The summed E-state index contributed by atoms with van der Waals surface area (Å²) in [5, 5.41) is 8.28. The minimum Gasteiger partial charge on any atom is -0.474 e. The average Bonchev–Trinajstić information content (AvgIpc) is 2.57. The first-order valence-corrected chi connectivity index (χ1v) is 9.76. The first kappa shape index (κ1) is 19.2. The number of hydrogen-bond donors (Lipinski definition) is 1. The summed E-state index contributed by atoms with van der Waals surface area (Å²) in [5.41, 5.74) is 1.69. The van der Waals surface area contributed by atoms with E-state index in [-0.39, 0.29) is 6.10 Å². The van der Waals surface area contributed by atoms with Crippen molar-refractivity contribution in [2.45, 2.75) is 59.5 Å². The normalized spacial score (nSPS) is 21.0. The predicted molar refractivity (Wildman–Crippen MR) is 103 cm³/mol. The van der Waals surface area contributed by atoms with E-state index < -0.39 is 0 Å². The fourth-order valence-electron chi connectivity index (χ4n) is 3.28. The van der Waals surface area contributed by atoms with E-state index in [0.717, 1.165) is 47.0 Å². The molecule has 134 valence electrons. The molecule has 24 heavy (non-hydrogen) atoms. The van der Waals surface area contributed by atoms with Gasteiger partial charge in [0, 0.05) is 19.2 Å². The SMILES string of the molecule is CCN(C)C(=N)c1cc(Br)c(OC2CCC(C(C)C)CC2)nc1C. The number of ether oxygens (including phenoxy) is 1. The molecule has 2 rings (SSSR count). The number of pyridine rings is 1. The second-order valence-corrected chi connectivity index (χ2v) is 8.02. The third-order valence-corrected chi connectivity index (χ3v) is 5.75. The van der Waals surface area contributed by atoms with Crippen LogP contribution in [0.5, 0.6) is 5.88 Å². The number of amidine groups is 1. The van der Waals surface area contributed by atoms with Crippen LogP contribution in [0.2, 0.25) is 0 Å². The summed E-state index contributed by atoms with van der Waals surface area (Å²) in [5.74, 6) is 2.75. The summed E-state index contributed by atoms with van der Waals surface area (Å²) in [6.07, 6.45) is 4.94. The van der Waals surface area contributed by atoms with Crippen molar-refractivity contribution in [3.05, 3.63) is 21.8 Å². The van der Waals surface area contributed by atoms with Gasteiger partial charge in [-0.25, -0.2) is 4.98 Å². The molecule has 1 saturated carbocycles. The van der Waals surface area contributed by atoms with E-state index in [0.29, 0.717) is 11.7 Å². The molecule has 0 unspecified atom stereocenters. The van der Waals surface area contributed by atoms with E-state index in [9.17, 15) is 0 Å². The number of rotatable bonds is 5. The summed E-state index contributed by atoms with van der Waals surface area (Å²) in [4.78, 5) is 6.53. The lowest BCUT2D eigenvalue weighted by atomic mass is 9.80. The van der Waals surface area contributed by atoms with Crippen molar-refractivity contribution in [1.82, 2.24) is 9.88 Å². The molecule has 0 amide bonds. The van der Waals surface area contributed by atoms with Crippen molar-refractivity contribution in [3.8, 4) is 5.88 Å². The van der Waals surface area contributed by atoms with Gasteiger partial charge in [-0.05, 0) is 73.4 Å². The van der Waals surface area contributed by atoms with E-state index in [1.165, 1.54) is 12.8 Å². The molecule has 1 aliphatic rings. The third kappa shape index (κ3) is 4.50. The first-order chi connectivity index (χ1) is 11.3. The van der Waals surface area contributed by atoms with E-state index >= 15 is 0 Å². The Kier molecular flexibility index (Phi) is 6.67. The first-order valence-electron chi connectivity index (χ1n) is 8.97. The van der Waals surface area contributed by atoms with Crippen LogP contribution >= 0.6 is 15.9 Å². The standard InChI is InChI=1S/C19H30BrN3O/c1-6-23(5)18(21)16-11-17(20)19(22-13(16)4)24-15-9-7-14(8-10-15)12(2)3/h11-12,14-15,21H,6-10H2,1-5H3. The summed E-state index contributed by atoms with van der Waals surface area (Å²) >= 11 is 3.58. The Morgan fingerprint density at radius 2 is 2.00 bits per heavy atom. The van der Waals surface area contributed by atoms with Crippen LogP contribution < -0.4 is 4.74 Å². The molecule has 0 radical (unpaired) electrons. The summed E-state index contributed by atoms with van der Waals surface area (Å²) < 4.78 is 7.01. The molecule has 1 heterocycles. The van der Waals surface area contributed by atoms with E-state index in [4.69, 9.17) is 10.1 Å². The Labute approximate surface area is 154 Å². The van der Waals surface area contributed by atoms with Gasteiger partial charge in [0.2, 0.25) is 5.88 Å². The Morgan fingerprint density at radius 3 is 2.54 bits per heavy atom. The maximum absolute atomic E-state index is 8.28. The molecule has 0 spiro atoms. The highest BCUT2D eigenvalue weighted by Gasteiger charge is 2.25. The van der Waals surface area contributed by atoms with E-state index in [1.54, 1.807) is 0 Å². The molecule has 0 atom stereocenters. The largest absolute Gasteiger partial charge is 0.474 e. The number of aromatic nitrogens is 1. The van der Waals surface area contributed by atoms with Crippen molar-refractivity contribution in [2.24, 2.45) is 11.8 Å². The van der Waals surface area contributed by atoms with Gasteiger partial charge in [-0.1, -0.05) is 13.8 Å². The zero-order chi connectivity index (χ0) is 17.9. The highest BCUT2D eigenvalue weighted by Crippen LogP contribution is 2.34. The predicted octanol–water partition coefficient (Wildman–Crippen LogP) is 5.02. The number of hydrogen-bond acceptors (Lipinski definition) is 3. The van der Waals surface area contributed by atoms with Crippen LogP contribution in [0.1, 0.15) is 57.7 Å². The monoisotopic (exact) mass is 395 g/mol. The molecule has 1 aliphatic carbocycles. The highest BCUT2D eigenvalue weighted by atomic mass is 79.9. The second kappa shape index (κ2) is 8.32.